The third kappa shape index (κ3) is 3.99. The zero-order valence-electron chi connectivity index (χ0n) is 11.3. The molecule has 1 fully saturated rings. The molecule has 0 atom stereocenters. The number of nitrogens with zero attached hydrogens (tertiary/aromatic N) is 3. The quantitative estimate of drug-likeness (QED) is 0.711. The smallest absolute Gasteiger partial charge is 0.202 e. The number of hydrogen-bond acceptors (Lipinski definition) is 4. The van der Waals surface area contributed by atoms with Crippen LogP contribution in [0.15, 0.2) is 12.4 Å². The Morgan fingerprint density at radius 1 is 1.33 bits per heavy atom. The van der Waals surface area contributed by atoms with Crippen LogP contribution in [0.3, 0.4) is 0 Å². The van der Waals surface area contributed by atoms with Gasteiger partial charge in [-0.05, 0) is 32.4 Å². The molecule has 1 aliphatic rings. The van der Waals surface area contributed by atoms with Gasteiger partial charge in [0.25, 0.3) is 0 Å². The van der Waals surface area contributed by atoms with Crippen molar-refractivity contribution in [2.75, 3.05) is 45.2 Å². The number of likely N-dealkylation sites (tertiary alicyclic amines) is 1. The molecule has 0 bridgehead atoms. The number of rotatable bonds is 8. The topological polar surface area (TPSA) is 42.3 Å². The number of imidazole rings is 1. The molecule has 1 aromatic rings. The number of anilines is 1. The predicted octanol–water partition coefficient (Wildman–Crippen LogP) is 1.43. The van der Waals surface area contributed by atoms with Gasteiger partial charge in [-0.25, -0.2) is 4.98 Å². The van der Waals surface area contributed by atoms with E-state index in [1.807, 2.05) is 6.20 Å². The van der Waals surface area contributed by atoms with Crippen LogP contribution >= 0.6 is 0 Å². The third-order valence-corrected chi connectivity index (χ3v) is 3.38. The molecule has 2 rings (SSSR count). The lowest BCUT2D eigenvalue weighted by molar-refractivity contribution is 0.197. The highest BCUT2D eigenvalue weighted by atomic mass is 16.5. The van der Waals surface area contributed by atoms with Gasteiger partial charge in [-0.15, -0.1) is 0 Å². The van der Waals surface area contributed by atoms with Crippen LogP contribution in [-0.4, -0.2) is 54.3 Å². The van der Waals surface area contributed by atoms with E-state index in [-0.39, 0.29) is 0 Å². The summed E-state index contributed by atoms with van der Waals surface area (Å²) in [4.78, 5) is 6.87. The second-order valence-corrected chi connectivity index (χ2v) is 4.77. The van der Waals surface area contributed by atoms with Crippen molar-refractivity contribution >= 4 is 5.95 Å². The van der Waals surface area contributed by atoms with Crippen LogP contribution < -0.4 is 5.32 Å². The predicted molar refractivity (Wildman–Crippen MR) is 72.9 cm³/mol. The highest BCUT2D eigenvalue weighted by molar-refractivity contribution is 5.25. The highest BCUT2D eigenvalue weighted by Gasteiger charge is 2.11. The minimum atomic E-state index is 0.793. The first-order valence-corrected chi connectivity index (χ1v) is 6.86. The molecule has 5 nitrogen and oxygen atoms in total. The first kappa shape index (κ1) is 13.4. The number of nitrogens with one attached hydrogen (secondary N) is 1. The largest absolute Gasteiger partial charge is 0.385 e. The zero-order valence-corrected chi connectivity index (χ0v) is 11.3. The van der Waals surface area contributed by atoms with Gasteiger partial charge in [0, 0.05) is 45.7 Å². The van der Waals surface area contributed by atoms with Gasteiger partial charge >= 0.3 is 0 Å². The molecule has 102 valence electrons. The standard InChI is InChI=1S/C13H24N4O/c1-18-12-4-5-14-13-15-6-9-17(13)11-10-16-7-2-3-8-16/h6,9H,2-5,7-8,10-12H2,1H3,(H,14,15). The van der Waals surface area contributed by atoms with Gasteiger partial charge in [-0.2, -0.15) is 0 Å². The number of ether oxygens (including phenoxy) is 1. The summed E-state index contributed by atoms with van der Waals surface area (Å²) in [5.74, 6) is 0.977. The minimum Gasteiger partial charge on any atom is -0.385 e. The SMILES string of the molecule is COCCCNc1nccn1CCN1CCCC1. The Kier molecular flexibility index (Phi) is 5.48. The van der Waals surface area contributed by atoms with E-state index in [1.165, 1.54) is 25.9 Å². The lowest BCUT2D eigenvalue weighted by Crippen LogP contribution is -2.24. The molecule has 0 saturated carbocycles. The molecule has 0 unspecified atom stereocenters. The van der Waals surface area contributed by atoms with Crippen molar-refractivity contribution < 1.29 is 4.74 Å². The van der Waals surface area contributed by atoms with E-state index in [0.717, 1.165) is 38.6 Å². The molecular weight excluding hydrogens is 228 g/mol. The Morgan fingerprint density at radius 2 is 2.17 bits per heavy atom. The monoisotopic (exact) mass is 252 g/mol. The molecule has 0 spiro atoms. The molecule has 1 saturated heterocycles. The van der Waals surface area contributed by atoms with Crippen molar-refractivity contribution in [2.24, 2.45) is 0 Å². The third-order valence-electron chi connectivity index (χ3n) is 3.38. The number of aromatic nitrogens is 2. The molecule has 0 radical (unpaired) electrons. The molecule has 0 aromatic carbocycles. The van der Waals surface area contributed by atoms with Gasteiger partial charge in [-0.1, -0.05) is 0 Å². The van der Waals surface area contributed by atoms with Crippen LogP contribution in [0.1, 0.15) is 19.3 Å². The minimum absolute atomic E-state index is 0.793. The maximum atomic E-state index is 5.03. The summed E-state index contributed by atoms with van der Waals surface area (Å²) in [5.41, 5.74) is 0. The van der Waals surface area contributed by atoms with Crippen molar-refractivity contribution in [1.29, 1.82) is 0 Å². The fourth-order valence-electron chi connectivity index (χ4n) is 2.33. The molecular formula is C13H24N4O. The highest BCUT2D eigenvalue weighted by Crippen LogP contribution is 2.09. The first-order valence-electron chi connectivity index (χ1n) is 6.86. The van der Waals surface area contributed by atoms with Gasteiger partial charge in [0.05, 0.1) is 0 Å². The maximum Gasteiger partial charge on any atom is 0.202 e. The van der Waals surface area contributed by atoms with Crippen LogP contribution in [0.4, 0.5) is 5.95 Å². The summed E-state index contributed by atoms with van der Waals surface area (Å²) < 4.78 is 7.23. The summed E-state index contributed by atoms with van der Waals surface area (Å²) in [6.45, 7) is 6.36. The zero-order chi connectivity index (χ0) is 12.6. The van der Waals surface area contributed by atoms with Crippen LogP contribution in [-0.2, 0) is 11.3 Å². The molecule has 1 N–H and O–H groups in total. The van der Waals surface area contributed by atoms with Gasteiger partial charge in [0.15, 0.2) is 0 Å². The van der Waals surface area contributed by atoms with Crippen LogP contribution in [0.2, 0.25) is 0 Å². The van der Waals surface area contributed by atoms with Crippen LogP contribution in [0, 0.1) is 0 Å². The fourth-order valence-corrected chi connectivity index (χ4v) is 2.33. The second kappa shape index (κ2) is 7.38. The summed E-state index contributed by atoms with van der Waals surface area (Å²) in [7, 11) is 1.73. The lowest BCUT2D eigenvalue weighted by Gasteiger charge is -2.16. The summed E-state index contributed by atoms with van der Waals surface area (Å²) >= 11 is 0. The summed E-state index contributed by atoms with van der Waals surface area (Å²) in [6.07, 6.45) is 7.63. The van der Waals surface area contributed by atoms with E-state index in [0.29, 0.717) is 0 Å². The van der Waals surface area contributed by atoms with Crippen LogP contribution in [0.5, 0.6) is 0 Å². The molecule has 5 heteroatoms. The van der Waals surface area contributed by atoms with E-state index in [9.17, 15) is 0 Å². The average Bonchev–Trinajstić information content (AvgIpc) is 3.03. The van der Waals surface area contributed by atoms with E-state index in [2.05, 4.69) is 26.0 Å². The number of hydrogen-bond donors (Lipinski definition) is 1. The molecule has 0 aliphatic carbocycles. The Balaban J connectivity index is 1.72. The Bertz CT molecular complexity index is 333. The van der Waals surface area contributed by atoms with Crippen molar-refractivity contribution in [3.05, 3.63) is 12.4 Å². The molecule has 2 heterocycles. The summed E-state index contributed by atoms with van der Waals surface area (Å²) in [5, 5.41) is 3.36. The van der Waals surface area contributed by atoms with Gasteiger partial charge in [0.1, 0.15) is 0 Å². The van der Waals surface area contributed by atoms with E-state index >= 15 is 0 Å². The van der Waals surface area contributed by atoms with Gasteiger partial charge in [-0.3, -0.25) is 0 Å². The fraction of sp³-hybridized carbons (Fsp3) is 0.769. The second-order valence-electron chi connectivity index (χ2n) is 4.77. The van der Waals surface area contributed by atoms with Crippen LogP contribution in [0.25, 0.3) is 0 Å². The Morgan fingerprint density at radius 3 is 2.94 bits per heavy atom. The van der Waals surface area contributed by atoms with Crippen molar-refractivity contribution in [2.45, 2.75) is 25.8 Å². The van der Waals surface area contributed by atoms with Crippen molar-refractivity contribution in [1.82, 2.24) is 14.5 Å². The average molecular weight is 252 g/mol. The van der Waals surface area contributed by atoms with Gasteiger partial charge in [0.2, 0.25) is 5.95 Å². The first-order chi connectivity index (χ1) is 8.90. The Hall–Kier alpha value is -1.07. The molecule has 0 amide bonds. The van der Waals surface area contributed by atoms with E-state index < -0.39 is 0 Å². The molecule has 1 aliphatic heterocycles. The maximum absolute atomic E-state index is 5.03. The Labute approximate surface area is 109 Å². The lowest BCUT2D eigenvalue weighted by atomic mass is 10.4. The van der Waals surface area contributed by atoms with E-state index in [1.54, 1.807) is 7.11 Å². The normalized spacial score (nSPS) is 16.3. The van der Waals surface area contributed by atoms with Crippen molar-refractivity contribution in [3.8, 4) is 0 Å². The number of methoxy groups -OCH3 is 1. The van der Waals surface area contributed by atoms with Gasteiger partial charge < -0.3 is 19.5 Å². The van der Waals surface area contributed by atoms with Crippen molar-refractivity contribution in [3.63, 3.8) is 0 Å². The molecule has 18 heavy (non-hydrogen) atoms. The molecule has 1 aromatic heterocycles. The van der Waals surface area contributed by atoms with E-state index in [4.69, 9.17) is 4.74 Å². The summed E-state index contributed by atoms with van der Waals surface area (Å²) in [6, 6.07) is 0.